The van der Waals surface area contributed by atoms with E-state index in [0.29, 0.717) is 25.1 Å². The topological polar surface area (TPSA) is 215 Å². The van der Waals surface area contributed by atoms with Crippen molar-refractivity contribution < 1.29 is 19.5 Å². The van der Waals surface area contributed by atoms with Gasteiger partial charge in [0.1, 0.15) is 12.1 Å². The van der Waals surface area contributed by atoms with E-state index in [4.69, 9.17) is 17.2 Å². The van der Waals surface area contributed by atoms with E-state index in [9.17, 15) is 19.5 Å². The number of carbonyl (C=O) groups excluding carboxylic acids is 2. The normalized spacial score (nSPS) is 13.9. The SMILES string of the molecule is CC(NC(=O)C(N)CCCN=C(N)N)C(=O)NC(Cc1cnc[nH]1)C(=O)O. The zero-order valence-corrected chi connectivity index (χ0v) is 15.0. The number of H-pyrrole nitrogens is 1. The maximum Gasteiger partial charge on any atom is 0.326 e. The highest BCUT2D eigenvalue weighted by molar-refractivity contribution is 5.91. The molecule has 0 saturated heterocycles. The Morgan fingerprint density at radius 2 is 2.00 bits per heavy atom. The van der Waals surface area contributed by atoms with Crippen LogP contribution in [0.5, 0.6) is 0 Å². The summed E-state index contributed by atoms with van der Waals surface area (Å²) in [5.74, 6) is -2.40. The summed E-state index contributed by atoms with van der Waals surface area (Å²) in [7, 11) is 0. The lowest BCUT2D eigenvalue weighted by Crippen LogP contribution is -2.53. The molecule has 0 aliphatic carbocycles. The molecule has 150 valence electrons. The molecule has 2 amide bonds. The third-order valence-corrected chi connectivity index (χ3v) is 3.65. The Hall–Kier alpha value is -3.15. The van der Waals surface area contributed by atoms with Crippen LogP contribution in [0.15, 0.2) is 17.5 Å². The number of nitrogens with one attached hydrogen (secondary N) is 3. The van der Waals surface area contributed by atoms with E-state index in [0.717, 1.165) is 0 Å². The zero-order chi connectivity index (χ0) is 20.4. The summed E-state index contributed by atoms with van der Waals surface area (Å²) in [4.78, 5) is 45.9. The summed E-state index contributed by atoms with van der Waals surface area (Å²) in [6.07, 6.45) is 3.74. The molecule has 1 rings (SSSR count). The van der Waals surface area contributed by atoms with Gasteiger partial charge < -0.3 is 37.9 Å². The molecule has 12 heteroatoms. The number of guanidine groups is 1. The molecule has 0 fully saturated rings. The van der Waals surface area contributed by atoms with Crippen molar-refractivity contribution >= 4 is 23.7 Å². The highest BCUT2D eigenvalue weighted by atomic mass is 16.4. The van der Waals surface area contributed by atoms with Gasteiger partial charge in [-0.1, -0.05) is 0 Å². The smallest absolute Gasteiger partial charge is 0.326 e. The number of carboxylic acid groups (broad SMARTS) is 1. The van der Waals surface area contributed by atoms with E-state index < -0.39 is 35.9 Å². The fourth-order valence-corrected chi connectivity index (χ4v) is 2.15. The van der Waals surface area contributed by atoms with Crippen LogP contribution in [0.4, 0.5) is 0 Å². The fourth-order valence-electron chi connectivity index (χ4n) is 2.15. The van der Waals surface area contributed by atoms with Gasteiger partial charge in [-0.3, -0.25) is 14.6 Å². The lowest BCUT2D eigenvalue weighted by Gasteiger charge is -2.20. The van der Waals surface area contributed by atoms with E-state index in [1.165, 1.54) is 19.4 Å². The van der Waals surface area contributed by atoms with Crippen LogP contribution in [-0.2, 0) is 20.8 Å². The number of hydrogen-bond donors (Lipinski definition) is 7. The molecule has 1 aromatic heterocycles. The second-order valence-corrected chi connectivity index (χ2v) is 5.97. The summed E-state index contributed by atoms with van der Waals surface area (Å²) < 4.78 is 0. The highest BCUT2D eigenvalue weighted by Gasteiger charge is 2.25. The average Bonchev–Trinajstić information content (AvgIpc) is 3.10. The van der Waals surface area contributed by atoms with Gasteiger partial charge in [0.05, 0.1) is 12.4 Å². The summed E-state index contributed by atoms with van der Waals surface area (Å²) in [6.45, 7) is 1.78. The molecule has 3 unspecified atom stereocenters. The van der Waals surface area contributed by atoms with Gasteiger partial charge in [0.25, 0.3) is 0 Å². The van der Waals surface area contributed by atoms with Crippen LogP contribution in [0, 0.1) is 0 Å². The molecule has 0 radical (unpaired) electrons. The minimum absolute atomic E-state index is 0.0338. The summed E-state index contributed by atoms with van der Waals surface area (Å²) >= 11 is 0. The molecule has 0 spiro atoms. The van der Waals surface area contributed by atoms with Gasteiger partial charge >= 0.3 is 5.97 Å². The number of aromatic nitrogens is 2. The summed E-state index contributed by atoms with van der Waals surface area (Å²) in [6, 6.07) is -2.95. The molecule has 1 aromatic rings. The van der Waals surface area contributed by atoms with Gasteiger partial charge in [0.15, 0.2) is 5.96 Å². The molecule has 3 atom stereocenters. The van der Waals surface area contributed by atoms with Crippen LogP contribution in [0.1, 0.15) is 25.5 Å². The van der Waals surface area contributed by atoms with Crippen molar-refractivity contribution in [2.45, 2.75) is 44.3 Å². The van der Waals surface area contributed by atoms with E-state index in [2.05, 4.69) is 25.6 Å². The van der Waals surface area contributed by atoms with Gasteiger partial charge in [0, 0.05) is 24.9 Å². The second kappa shape index (κ2) is 10.8. The number of nitrogens with two attached hydrogens (primary N) is 3. The Kier molecular flexibility index (Phi) is 8.72. The maximum atomic E-state index is 12.2. The van der Waals surface area contributed by atoms with Gasteiger partial charge in [-0.05, 0) is 19.8 Å². The molecule has 0 bridgehead atoms. The first kappa shape index (κ1) is 21.9. The standard InChI is InChI=1S/C15H26N8O4/c1-8(22-13(25)10(16)3-2-4-20-15(17)18)12(24)23-11(14(26)27)5-9-6-19-7-21-9/h6-8,10-11H,2-5,16H2,1H3,(H,19,21)(H,22,25)(H,23,24)(H,26,27)(H4,17,18,20). The number of rotatable bonds is 11. The van der Waals surface area contributed by atoms with Gasteiger partial charge in [0.2, 0.25) is 11.8 Å². The molecule has 10 N–H and O–H groups in total. The number of amides is 2. The molecule has 0 aliphatic heterocycles. The first-order valence-corrected chi connectivity index (χ1v) is 8.32. The first-order chi connectivity index (χ1) is 12.7. The molecule has 27 heavy (non-hydrogen) atoms. The lowest BCUT2D eigenvalue weighted by atomic mass is 10.1. The summed E-state index contributed by atoms with van der Waals surface area (Å²) in [5, 5.41) is 14.1. The molecule has 0 aromatic carbocycles. The van der Waals surface area contributed by atoms with E-state index in [1.54, 1.807) is 0 Å². The van der Waals surface area contributed by atoms with Crippen LogP contribution in [0.25, 0.3) is 0 Å². The van der Waals surface area contributed by atoms with Crippen LogP contribution in [-0.4, -0.2) is 63.5 Å². The monoisotopic (exact) mass is 382 g/mol. The second-order valence-electron chi connectivity index (χ2n) is 5.97. The van der Waals surface area contributed by atoms with Crippen LogP contribution >= 0.6 is 0 Å². The largest absolute Gasteiger partial charge is 0.480 e. The van der Waals surface area contributed by atoms with Crippen molar-refractivity contribution in [1.82, 2.24) is 20.6 Å². The average molecular weight is 382 g/mol. The van der Waals surface area contributed by atoms with Crippen LogP contribution in [0.2, 0.25) is 0 Å². The van der Waals surface area contributed by atoms with Crippen LogP contribution in [0.3, 0.4) is 0 Å². The van der Waals surface area contributed by atoms with Gasteiger partial charge in [-0.25, -0.2) is 9.78 Å². The van der Waals surface area contributed by atoms with Crippen molar-refractivity contribution in [3.63, 3.8) is 0 Å². The molecule has 1 heterocycles. The summed E-state index contributed by atoms with van der Waals surface area (Å²) in [5.41, 5.74) is 16.7. The number of imidazole rings is 1. The van der Waals surface area contributed by atoms with Crippen molar-refractivity contribution in [2.75, 3.05) is 6.54 Å². The number of aromatic amines is 1. The number of hydrogen-bond acceptors (Lipinski definition) is 6. The van der Waals surface area contributed by atoms with Gasteiger partial charge in [-0.2, -0.15) is 0 Å². The van der Waals surface area contributed by atoms with Crippen molar-refractivity contribution in [2.24, 2.45) is 22.2 Å². The minimum atomic E-state index is -1.20. The quantitative estimate of drug-likeness (QED) is 0.122. The molecular formula is C15H26N8O4. The molecular weight excluding hydrogens is 356 g/mol. The van der Waals surface area contributed by atoms with Crippen molar-refractivity contribution in [1.29, 1.82) is 0 Å². The van der Waals surface area contributed by atoms with Crippen LogP contribution < -0.4 is 27.8 Å². The lowest BCUT2D eigenvalue weighted by molar-refractivity contribution is -0.142. The molecule has 0 aliphatic rings. The number of nitrogens with zero attached hydrogens (tertiary/aromatic N) is 2. The third-order valence-electron chi connectivity index (χ3n) is 3.65. The third kappa shape index (κ3) is 8.18. The molecule has 12 nitrogen and oxygen atoms in total. The van der Waals surface area contributed by atoms with Gasteiger partial charge in [-0.15, -0.1) is 0 Å². The zero-order valence-electron chi connectivity index (χ0n) is 15.0. The minimum Gasteiger partial charge on any atom is -0.480 e. The number of aliphatic imine (C=N–C) groups is 1. The maximum absolute atomic E-state index is 12.2. The number of carbonyl (C=O) groups is 3. The first-order valence-electron chi connectivity index (χ1n) is 8.32. The molecule has 0 saturated carbocycles. The fraction of sp³-hybridized carbons (Fsp3) is 0.533. The Morgan fingerprint density at radius 3 is 2.56 bits per heavy atom. The Bertz CT molecular complexity index is 657. The predicted octanol–water partition coefficient (Wildman–Crippen LogP) is -2.59. The van der Waals surface area contributed by atoms with E-state index in [1.807, 2.05) is 0 Å². The van der Waals surface area contributed by atoms with E-state index in [-0.39, 0.29) is 12.4 Å². The van der Waals surface area contributed by atoms with Crippen molar-refractivity contribution in [3.8, 4) is 0 Å². The Morgan fingerprint density at radius 1 is 1.30 bits per heavy atom. The Labute approximate surface area is 156 Å². The highest BCUT2D eigenvalue weighted by Crippen LogP contribution is 2.00. The van der Waals surface area contributed by atoms with E-state index >= 15 is 0 Å². The number of aliphatic carboxylic acids is 1. The van der Waals surface area contributed by atoms with Crippen molar-refractivity contribution in [3.05, 3.63) is 18.2 Å². The Balaban J connectivity index is 2.47. The number of carboxylic acids is 1. The predicted molar refractivity (Wildman–Crippen MR) is 97.3 cm³/mol.